The summed E-state index contributed by atoms with van der Waals surface area (Å²) in [7, 11) is 0. The monoisotopic (exact) mass is 486 g/mol. The van der Waals surface area contributed by atoms with Gasteiger partial charge >= 0.3 is 0 Å². The third-order valence-electron chi connectivity index (χ3n) is 6.16. The number of carbonyl (C=O) groups is 1. The number of hydrogen-bond donors (Lipinski definition) is 1. The van der Waals surface area contributed by atoms with Gasteiger partial charge in [-0.25, -0.2) is 4.98 Å². The van der Waals surface area contributed by atoms with E-state index in [9.17, 15) is 4.79 Å². The van der Waals surface area contributed by atoms with E-state index in [4.69, 9.17) is 0 Å². The summed E-state index contributed by atoms with van der Waals surface area (Å²) in [5.41, 5.74) is 3.68. The molecule has 0 aliphatic carbocycles. The van der Waals surface area contributed by atoms with E-state index in [0.717, 1.165) is 64.2 Å². The highest BCUT2D eigenvalue weighted by Crippen LogP contribution is 2.27. The maximum absolute atomic E-state index is 12.9. The zero-order chi connectivity index (χ0) is 22.9. The van der Waals surface area contributed by atoms with Crippen LogP contribution in [0, 0.1) is 5.92 Å². The molecule has 34 heavy (non-hydrogen) atoms. The molecule has 1 amide bonds. The van der Waals surface area contributed by atoms with Crippen molar-refractivity contribution in [2.45, 2.75) is 12.8 Å². The second-order valence-electron chi connectivity index (χ2n) is 8.30. The number of nitrogens with zero attached hydrogens (tertiary/aromatic N) is 5. The SMILES string of the molecule is O=C(Nc1ccc(-c2cn3ccsc3n2)cc1)C1CCN(c2ccc(-c3cccs3)nn2)CC1. The number of amides is 1. The molecule has 0 spiro atoms. The number of benzene rings is 1. The lowest BCUT2D eigenvalue weighted by Gasteiger charge is -2.31. The number of carbonyl (C=O) groups excluding carboxylic acids is 1. The van der Waals surface area contributed by atoms with Gasteiger partial charge in [0.1, 0.15) is 5.69 Å². The van der Waals surface area contributed by atoms with Gasteiger partial charge in [-0.05, 0) is 48.6 Å². The molecule has 5 heterocycles. The fourth-order valence-electron chi connectivity index (χ4n) is 4.26. The number of rotatable bonds is 5. The number of thiazole rings is 1. The van der Waals surface area contributed by atoms with Gasteiger partial charge in [-0.2, -0.15) is 0 Å². The van der Waals surface area contributed by atoms with E-state index in [2.05, 4.69) is 25.4 Å². The fourth-order valence-corrected chi connectivity index (χ4v) is 5.65. The summed E-state index contributed by atoms with van der Waals surface area (Å²) in [4.78, 5) is 21.8. The van der Waals surface area contributed by atoms with Gasteiger partial charge in [0.2, 0.25) is 5.91 Å². The second-order valence-corrected chi connectivity index (χ2v) is 10.1. The van der Waals surface area contributed by atoms with Crippen LogP contribution in [-0.2, 0) is 4.79 Å². The van der Waals surface area contributed by atoms with E-state index in [0.29, 0.717) is 0 Å². The van der Waals surface area contributed by atoms with Crippen LogP contribution in [0.15, 0.2) is 71.7 Å². The van der Waals surface area contributed by atoms with Crippen LogP contribution in [-0.4, -0.2) is 38.6 Å². The van der Waals surface area contributed by atoms with Crippen molar-refractivity contribution in [1.82, 2.24) is 19.6 Å². The average Bonchev–Trinajstić information content (AvgIpc) is 3.63. The average molecular weight is 487 g/mol. The molecule has 0 bridgehead atoms. The highest BCUT2D eigenvalue weighted by Gasteiger charge is 2.26. The van der Waals surface area contributed by atoms with Crippen LogP contribution in [0.1, 0.15) is 12.8 Å². The Morgan fingerprint density at radius 1 is 0.941 bits per heavy atom. The first-order chi connectivity index (χ1) is 16.7. The molecule has 1 aromatic carbocycles. The van der Waals surface area contributed by atoms with Crippen molar-refractivity contribution in [3.63, 3.8) is 0 Å². The first kappa shape index (κ1) is 21.0. The number of aromatic nitrogens is 4. The molecule has 1 aliphatic heterocycles. The molecule has 0 saturated carbocycles. The largest absolute Gasteiger partial charge is 0.355 e. The quantitative estimate of drug-likeness (QED) is 0.358. The maximum atomic E-state index is 12.9. The highest BCUT2D eigenvalue weighted by atomic mass is 32.1. The molecule has 170 valence electrons. The normalized spacial score (nSPS) is 14.5. The van der Waals surface area contributed by atoms with Crippen molar-refractivity contribution in [3.05, 3.63) is 71.7 Å². The predicted octanol–water partition coefficient (Wildman–Crippen LogP) is 5.44. The Morgan fingerprint density at radius 2 is 1.79 bits per heavy atom. The first-order valence-corrected chi connectivity index (χ1v) is 12.9. The van der Waals surface area contributed by atoms with Gasteiger partial charge in [-0.15, -0.1) is 32.9 Å². The highest BCUT2D eigenvalue weighted by molar-refractivity contribution is 7.15. The Balaban J connectivity index is 1.04. The summed E-state index contributed by atoms with van der Waals surface area (Å²) >= 11 is 3.27. The number of anilines is 2. The van der Waals surface area contributed by atoms with Gasteiger partial charge in [-0.3, -0.25) is 9.20 Å². The summed E-state index contributed by atoms with van der Waals surface area (Å²) in [6.45, 7) is 1.59. The Bertz CT molecular complexity index is 1370. The lowest BCUT2D eigenvalue weighted by atomic mass is 9.95. The van der Waals surface area contributed by atoms with E-state index in [1.165, 1.54) is 0 Å². The molecule has 1 N–H and O–H groups in total. The topological polar surface area (TPSA) is 75.4 Å². The Kier molecular flexibility index (Phi) is 5.56. The number of piperidine rings is 1. The van der Waals surface area contributed by atoms with Crippen LogP contribution in [0.2, 0.25) is 0 Å². The molecule has 5 aromatic rings. The van der Waals surface area contributed by atoms with Crippen LogP contribution < -0.4 is 10.2 Å². The van der Waals surface area contributed by atoms with Crippen LogP contribution in [0.3, 0.4) is 0 Å². The molecule has 6 rings (SSSR count). The second kappa shape index (κ2) is 9.00. The van der Waals surface area contributed by atoms with E-state index in [1.54, 1.807) is 22.7 Å². The summed E-state index contributed by atoms with van der Waals surface area (Å²) in [5.74, 6) is 0.942. The van der Waals surface area contributed by atoms with E-state index in [1.807, 2.05) is 76.1 Å². The molecule has 4 aromatic heterocycles. The Hall–Kier alpha value is -3.56. The molecule has 7 nitrogen and oxygen atoms in total. The minimum absolute atomic E-state index is 0.00537. The first-order valence-electron chi connectivity index (χ1n) is 11.2. The lowest BCUT2D eigenvalue weighted by molar-refractivity contribution is -0.120. The smallest absolute Gasteiger partial charge is 0.227 e. The van der Waals surface area contributed by atoms with Crippen molar-refractivity contribution in [2.75, 3.05) is 23.3 Å². The van der Waals surface area contributed by atoms with Gasteiger partial charge < -0.3 is 10.2 Å². The molecular weight excluding hydrogens is 464 g/mol. The number of imidazole rings is 1. The third kappa shape index (κ3) is 4.20. The van der Waals surface area contributed by atoms with E-state index >= 15 is 0 Å². The third-order valence-corrected chi connectivity index (χ3v) is 7.82. The fraction of sp³-hybridized carbons (Fsp3) is 0.200. The molecule has 1 aliphatic rings. The number of fused-ring (bicyclic) bond motifs is 1. The van der Waals surface area contributed by atoms with Crippen LogP contribution in [0.5, 0.6) is 0 Å². The van der Waals surface area contributed by atoms with E-state index in [-0.39, 0.29) is 11.8 Å². The minimum atomic E-state index is -0.00537. The predicted molar refractivity (Wildman–Crippen MR) is 137 cm³/mol. The van der Waals surface area contributed by atoms with Gasteiger partial charge in [0.25, 0.3) is 0 Å². The summed E-state index contributed by atoms with van der Waals surface area (Å²) in [5, 5.41) is 15.9. The maximum Gasteiger partial charge on any atom is 0.227 e. The molecular formula is C25H22N6OS2. The van der Waals surface area contributed by atoms with Crippen molar-refractivity contribution in [1.29, 1.82) is 0 Å². The van der Waals surface area contributed by atoms with E-state index < -0.39 is 0 Å². The van der Waals surface area contributed by atoms with Gasteiger partial charge in [-0.1, -0.05) is 18.2 Å². The zero-order valence-corrected chi connectivity index (χ0v) is 19.9. The van der Waals surface area contributed by atoms with Crippen molar-refractivity contribution >= 4 is 45.0 Å². The van der Waals surface area contributed by atoms with Crippen LogP contribution in [0.25, 0.3) is 26.8 Å². The number of thiophene rings is 1. The van der Waals surface area contributed by atoms with Gasteiger partial charge in [0, 0.05) is 48.0 Å². The molecule has 0 atom stereocenters. The van der Waals surface area contributed by atoms with Crippen molar-refractivity contribution in [2.24, 2.45) is 5.92 Å². The standard InChI is InChI=1S/C25H22N6OS2/c32-24(26-19-5-3-17(4-6-19)21-16-31-13-15-34-25(31)27-21)18-9-11-30(12-10-18)23-8-7-20(28-29-23)22-2-1-14-33-22/h1-8,13-16,18H,9-12H2,(H,26,32). The molecule has 0 unspecified atom stereocenters. The number of nitrogens with one attached hydrogen (secondary N) is 1. The molecule has 0 radical (unpaired) electrons. The summed E-state index contributed by atoms with van der Waals surface area (Å²) < 4.78 is 2.02. The van der Waals surface area contributed by atoms with Gasteiger partial charge in [0.05, 0.1) is 10.6 Å². The minimum Gasteiger partial charge on any atom is -0.355 e. The van der Waals surface area contributed by atoms with Crippen LogP contribution in [0.4, 0.5) is 11.5 Å². The zero-order valence-electron chi connectivity index (χ0n) is 18.3. The molecule has 9 heteroatoms. The van der Waals surface area contributed by atoms with Crippen molar-refractivity contribution in [3.8, 4) is 21.8 Å². The van der Waals surface area contributed by atoms with Crippen LogP contribution >= 0.6 is 22.7 Å². The van der Waals surface area contributed by atoms with Crippen molar-refractivity contribution < 1.29 is 4.79 Å². The summed E-state index contributed by atoms with van der Waals surface area (Å²) in [6.07, 6.45) is 5.61. The number of hydrogen-bond acceptors (Lipinski definition) is 7. The Morgan fingerprint density at radius 3 is 2.50 bits per heavy atom. The Labute approximate surface area is 204 Å². The lowest BCUT2D eigenvalue weighted by Crippen LogP contribution is -2.38. The summed E-state index contributed by atoms with van der Waals surface area (Å²) in [6, 6.07) is 16.0. The molecule has 1 saturated heterocycles. The van der Waals surface area contributed by atoms with Gasteiger partial charge in [0.15, 0.2) is 10.8 Å². The molecule has 1 fully saturated rings.